The Labute approximate surface area is 153 Å². The average molecular weight is 401 g/mol. The highest BCUT2D eigenvalue weighted by Gasteiger charge is 2.39. The highest BCUT2D eigenvalue weighted by Crippen LogP contribution is 2.35. The number of amides is 1. The molecule has 3 rings (SSSR count). The van der Waals surface area contributed by atoms with Gasteiger partial charge in [-0.1, -0.05) is 48.5 Å². The molecule has 1 fully saturated rings. The lowest BCUT2D eigenvalue weighted by atomic mass is 10.2. The van der Waals surface area contributed by atoms with E-state index < -0.39 is 10.0 Å². The lowest BCUT2D eigenvalue weighted by Gasteiger charge is -2.15. The van der Waals surface area contributed by atoms with Crippen LogP contribution in [0.4, 0.5) is 5.69 Å². The summed E-state index contributed by atoms with van der Waals surface area (Å²) in [4.78, 5) is 14.0. The number of hydrogen-bond donors (Lipinski definition) is 0. The third-order valence-corrected chi connectivity index (χ3v) is 7.71. The molecule has 0 spiro atoms. The van der Waals surface area contributed by atoms with Crippen molar-refractivity contribution in [1.29, 1.82) is 0 Å². The molecular weight excluding hydrogens is 388 g/mol. The molecule has 1 aliphatic heterocycles. The number of amidine groups is 1. The van der Waals surface area contributed by atoms with E-state index in [-0.39, 0.29) is 20.5 Å². The molecule has 24 heavy (non-hydrogen) atoms. The van der Waals surface area contributed by atoms with Crippen molar-refractivity contribution in [3.63, 3.8) is 0 Å². The number of sulfonamides is 1. The molecule has 2 heterocycles. The maximum atomic E-state index is 12.6. The molecular formula is C15H13ClN2O3S3. The summed E-state index contributed by atoms with van der Waals surface area (Å²) in [6.45, 7) is 1.88. The van der Waals surface area contributed by atoms with Gasteiger partial charge in [0.1, 0.15) is 4.21 Å². The van der Waals surface area contributed by atoms with Crippen LogP contribution in [0.15, 0.2) is 51.1 Å². The molecule has 1 atom stereocenters. The molecule has 1 aliphatic rings. The van der Waals surface area contributed by atoms with E-state index in [1.54, 1.807) is 24.3 Å². The summed E-state index contributed by atoms with van der Waals surface area (Å²) in [6, 6.07) is 11.8. The summed E-state index contributed by atoms with van der Waals surface area (Å²) < 4.78 is 29.3. The van der Waals surface area contributed by atoms with Gasteiger partial charge in [-0.15, -0.1) is 15.7 Å². The van der Waals surface area contributed by atoms with E-state index in [0.29, 0.717) is 16.4 Å². The number of para-hydroxylation sites is 1. The first kappa shape index (κ1) is 17.5. The van der Waals surface area contributed by atoms with Crippen LogP contribution in [-0.4, -0.2) is 24.7 Å². The monoisotopic (exact) mass is 400 g/mol. The van der Waals surface area contributed by atoms with E-state index in [1.165, 1.54) is 28.8 Å². The largest absolute Gasteiger partial charge is 0.294 e. The van der Waals surface area contributed by atoms with E-state index >= 15 is 0 Å². The van der Waals surface area contributed by atoms with Gasteiger partial charge in [-0.2, -0.15) is 8.42 Å². The minimum Gasteiger partial charge on any atom is -0.273 e. The molecule has 9 heteroatoms. The molecule has 0 aliphatic carbocycles. The smallest absolute Gasteiger partial charge is 0.273 e. The van der Waals surface area contributed by atoms with Crippen LogP contribution >= 0.6 is 34.7 Å². The van der Waals surface area contributed by atoms with Gasteiger partial charge in [-0.25, -0.2) is 0 Å². The normalized spacial score (nSPS) is 20.1. The van der Waals surface area contributed by atoms with Crippen molar-refractivity contribution >= 4 is 61.5 Å². The van der Waals surface area contributed by atoms with Crippen LogP contribution in [-0.2, 0) is 14.8 Å². The Morgan fingerprint density at radius 1 is 1.21 bits per heavy atom. The second kappa shape index (κ2) is 6.87. The molecule has 0 unspecified atom stereocenters. The molecule has 1 amide bonds. The predicted molar refractivity (Wildman–Crippen MR) is 99.5 cm³/mol. The molecule has 0 bridgehead atoms. The van der Waals surface area contributed by atoms with Crippen LogP contribution in [0.1, 0.15) is 13.3 Å². The number of rotatable bonds is 4. The Bertz CT molecular complexity index is 894. The number of anilines is 1. The van der Waals surface area contributed by atoms with E-state index in [1.807, 2.05) is 13.0 Å². The SMILES string of the molecule is CC[C@@H]1SC(=NS(=O)(=O)c2ccc(Cl)s2)N(c2ccccc2)C1=O. The molecule has 1 aromatic heterocycles. The maximum Gasteiger partial charge on any atom is 0.294 e. The van der Waals surface area contributed by atoms with E-state index in [9.17, 15) is 13.2 Å². The van der Waals surface area contributed by atoms with Crippen molar-refractivity contribution in [2.75, 3.05) is 4.90 Å². The van der Waals surface area contributed by atoms with Crippen molar-refractivity contribution in [3.8, 4) is 0 Å². The number of thioether (sulfide) groups is 1. The van der Waals surface area contributed by atoms with Gasteiger partial charge in [-0.3, -0.25) is 9.69 Å². The summed E-state index contributed by atoms with van der Waals surface area (Å²) in [5, 5.41) is -0.173. The lowest BCUT2D eigenvalue weighted by molar-refractivity contribution is -0.116. The summed E-state index contributed by atoms with van der Waals surface area (Å²) in [5.41, 5.74) is 0.601. The standard InChI is InChI=1S/C15H13ClN2O3S3/c1-2-11-14(19)18(10-6-4-3-5-7-10)15(22-11)17-24(20,21)13-9-8-12(16)23-13/h3-9,11H,2H2,1H3/t11-/m0/s1. The molecule has 2 aromatic rings. The Morgan fingerprint density at radius 2 is 1.92 bits per heavy atom. The molecule has 1 saturated heterocycles. The Hall–Kier alpha value is -1.35. The number of nitrogens with zero attached hydrogens (tertiary/aromatic N) is 2. The van der Waals surface area contributed by atoms with Gasteiger partial charge in [0, 0.05) is 0 Å². The maximum absolute atomic E-state index is 12.6. The molecule has 0 saturated carbocycles. The third-order valence-electron chi connectivity index (χ3n) is 3.32. The van der Waals surface area contributed by atoms with Gasteiger partial charge in [0.25, 0.3) is 10.0 Å². The Morgan fingerprint density at radius 3 is 2.50 bits per heavy atom. The van der Waals surface area contributed by atoms with Gasteiger partial charge < -0.3 is 0 Å². The number of carbonyl (C=O) groups is 1. The summed E-state index contributed by atoms with van der Waals surface area (Å²) in [7, 11) is -3.91. The number of carbonyl (C=O) groups excluding carboxylic acids is 1. The molecule has 0 N–H and O–H groups in total. The first-order chi connectivity index (χ1) is 11.4. The van der Waals surface area contributed by atoms with Crippen LogP contribution in [0, 0.1) is 0 Å². The summed E-state index contributed by atoms with van der Waals surface area (Å²) >= 11 is 7.92. The first-order valence-corrected chi connectivity index (χ1v) is 10.6. The highest BCUT2D eigenvalue weighted by molar-refractivity contribution is 8.16. The second-order valence-electron chi connectivity index (χ2n) is 4.93. The fraction of sp³-hybridized carbons (Fsp3) is 0.200. The Kier molecular flexibility index (Phi) is 5.00. The van der Waals surface area contributed by atoms with Crippen LogP contribution in [0.25, 0.3) is 0 Å². The first-order valence-electron chi connectivity index (χ1n) is 7.08. The topological polar surface area (TPSA) is 66.8 Å². The van der Waals surface area contributed by atoms with Gasteiger partial charge in [0.05, 0.1) is 15.3 Å². The second-order valence-corrected chi connectivity index (χ2v) is 9.65. The lowest BCUT2D eigenvalue weighted by Crippen LogP contribution is -2.32. The zero-order valence-electron chi connectivity index (χ0n) is 12.5. The number of halogens is 1. The summed E-state index contributed by atoms with van der Waals surface area (Å²) in [6.07, 6.45) is 0.594. The number of benzene rings is 1. The fourth-order valence-electron chi connectivity index (χ4n) is 2.19. The van der Waals surface area contributed by atoms with Crippen LogP contribution in [0.5, 0.6) is 0 Å². The molecule has 0 radical (unpaired) electrons. The number of thiophene rings is 1. The molecule has 1 aromatic carbocycles. The van der Waals surface area contributed by atoms with Gasteiger partial charge >= 0.3 is 0 Å². The molecule has 5 nitrogen and oxygen atoms in total. The van der Waals surface area contributed by atoms with Crippen LogP contribution in [0.2, 0.25) is 4.34 Å². The van der Waals surface area contributed by atoms with Crippen LogP contribution in [0.3, 0.4) is 0 Å². The van der Waals surface area contributed by atoms with Crippen LogP contribution < -0.4 is 4.90 Å². The van der Waals surface area contributed by atoms with Gasteiger partial charge in [0.2, 0.25) is 5.91 Å². The zero-order valence-corrected chi connectivity index (χ0v) is 15.8. The average Bonchev–Trinajstić information content (AvgIpc) is 3.12. The van der Waals surface area contributed by atoms with Crippen molar-refractivity contribution in [3.05, 3.63) is 46.8 Å². The quantitative estimate of drug-likeness (QED) is 0.777. The van der Waals surface area contributed by atoms with E-state index in [2.05, 4.69) is 4.40 Å². The zero-order chi connectivity index (χ0) is 17.3. The van der Waals surface area contributed by atoms with E-state index in [0.717, 1.165) is 11.3 Å². The van der Waals surface area contributed by atoms with Crippen molar-refractivity contribution in [1.82, 2.24) is 0 Å². The number of hydrogen-bond acceptors (Lipinski definition) is 5. The third kappa shape index (κ3) is 3.37. The predicted octanol–water partition coefficient (Wildman–Crippen LogP) is 4.00. The highest BCUT2D eigenvalue weighted by atomic mass is 35.5. The van der Waals surface area contributed by atoms with E-state index in [4.69, 9.17) is 11.6 Å². The fourth-order valence-corrected chi connectivity index (χ4v) is 5.92. The van der Waals surface area contributed by atoms with Gasteiger partial charge in [0.15, 0.2) is 5.17 Å². The van der Waals surface area contributed by atoms with Crippen molar-refractivity contribution in [2.24, 2.45) is 4.40 Å². The van der Waals surface area contributed by atoms with Gasteiger partial charge in [-0.05, 0) is 30.7 Å². The minimum atomic E-state index is -3.91. The van der Waals surface area contributed by atoms with Crippen molar-refractivity contribution in [2.45, 2.75) is 22.8 Å². The minimum absolute atomic E-state index is 0.0565. The van der Waals surface area contributed by atoms with Crippen molar-refractivity contribution < 1.29 is 13.2 Å². The molecule has 126 valence electrons. The summed E-state index contributed by atoms with van der Waals surface area (Å²) in [5.74, 6) is -0.160. The Balaban J connectivity index is 2.05.